The maximum Gasteiger partial charge on any atom is 0.260 e. The molecule has 0 saturated carbocycles. The summed E-state index contributed by atoms with van der Waals surface area (Å²) in [5.41, 5.74) is 2.32. The molecular formula is C11H14Cl2NO2P. The predicted octanol–water partition coefficient (Wildman–Crippen LogP) is 2.86. The third kappa shape index (κ3) is 4.02. The second-order valence-corrected chi connectivity index (χ2v) is 7.01. The number of halogens is 2. The van der Waals surface area contributed by atoms with E-state index in [4.69, 9.17) is 27.2 Å². The minimum Gasteiger partial charge on any atom is -0.609 e. The van der Waals surface area contributed by atoms with E-state index in [1.165, 1.54) is 0 Å². The molecule has 0 aliphatic heterocycles. The molecule has 0 atom stereocenters. The Morgan fingerprint density at radius 2 is 1.88 bits per heavy atom. The number of hydrogen-bond acceptors (Lipinski definition) is 2. The van der Waals surface area contributed by atoms with Gasteiger partial charge >= 0.3 is 0 Å². The highest BCUT2D eigenvalue weighted by atomic mass is 35.9. The van der Waals surface area contributed by atoms with Gasteiger partial charge in [0.1, 0.15) is 5.95 Å². The van der Waals surface area contributed by atoms with Crippen molar-refractivity contribution in [1.82, 2.24) is 0 Å². The monoisotopic (exact) mass is 293 g/mol. The van der Waals surface area contributed by atoms with E-state index < -0.39 is 12.6 Å². The summed E-state index contributed by atoms with van der Waals surface area (Å²) in [5.74, 6) is -0.474. The number of pyridine rings is 1. The molecule has 0 aromatic carbocycles. The maximum absolute atomic E-state index is 11.8. The molecule has 0 aliphatic carbocycles. The Morgan fingerprint density at radius 1 is 1.35 bits per heavy atom. The van der Waals surface area contributed by atoms with Crippen LogP contribution in [0.1, 0.15) is 18.1 Å². The summed E-state index contributed by atoms with van der Waals surface area (Å²) >= 11 is 11.8. The number of rotatable bonds is 4. The van der Waals surface area contributed by atoms with Crippen LogP contribution in [0.3, 0.4) is 0 Å². The lowest BCUT2D eigenvalue weighted by atomic mass is 10.2. The van der Waals surface area contributed by atoms with Crippen molar-refractivity contribution in [3.63, 3.8) is 0 Å². The molecule has 0 radical (unpaired) electrons. The highest BCUT2D eigenvalue weighted by molar-refractivity contribution is 8.10. The van der Waals surface area contributed by atoms with Gasteiger partial charge in [0.2, 0.25) is 0 Å². The van der Waals surface area contributed by atoms with E-state index in [0.717, 1.165) is 11.1 Å². The van der Waals surface area contributed by atoms with E-state index in [0.29, 0.717) is 6.61 Å². The van der Waals surface area contributed by atoms with Crippen molar-refractivity contribution >= 4 is 34.5 Å². The van der Waals surface area contributed by atoms with E-state index in [2.05, 4.69) is 0 Å². The molecule has 0 fully saturated rings. The Bertz CT molecular complexity index is 415. The molecule has 17 heavy (non-hydrogen) atoms. The molecule has 0 saturated heterocycles. The Kier molecular flexibility index (Phi) is 5.51. The fraction of sp³-hybridized carbons (Fsp3) is 0.364. The molecule has 1 aromatic rings. The second-order valence-electron chi connectivity index (χ2n) is 3.57. The average Bonchev–Trinajstić information content (AvgIpc) is 2.15. The van der Waals surface area contributed by atoms with Gasteiger partial charge in [0, 0.05) is 11.1 Å². The molecule has 0 bridgehead atoms. The highest BCUT2D eigenvalue weighted by Gasteiger charge is 2.22. The first-order chi connectivity index (χ1) is 7.95. The predicted molar refractivity (Wildman–Crippen MR) is 69.6 cm³/mol. The van der Waals surface area contributed by atoms with Crippen LogP contribution in [0.4, 0.5) is 0 Å². The normalized spacial score (nSPS) is 12.6. The zero-order valence-electron chi connectivity index (χ0n) is 9.91. The zero-order chi connectivity index (χ0) is 13.0. The molecule has 1 rings (SSSR count). The average molecular weight is 294 g/mol. The molecule has 0 N–H and O–H groups in total. The van der Waals surface area contributed by atoms with Crippen molar-refractivity contribution in [1.29, 1.82) is 0 Å². The summed E-state index contributed by atoms with van der Waals surface area (Å²) in [6.45, 7) is 4.36. The molecule has 3 nitrogen and oxygen atoms in total. The molecule has 0 unspecified atom stereocenters. The lowest BCUT2D eigenvalue weighted by Crippen LogP contribution is -2.34. The van der Waals surface area contributed by atoms with Gasteiger partial charge in [-0.15, -0.1) is 0 Å². The van der Waals surface area contributed by atoms with Crippen LogP contribution in [0.15, 0.2) is 24.4 Å². The Balaban J connectivity index is 3.28. The first-order valence-electron chi connectivity index (χ1n) is 5.11. The standard InChI is InChI=1S/C11H14Cl2NO2P/c1-4-16-11(15)10(17(12)13)14-6-8(2)5-9(3)7-14/h5-7H,4H2,1-3H3/b11-10-. The SMILES string of the molecule is CCO/C([O-])=C(/[n+]1cc(C)cc(C)c1)P(Cl)Cl. The van der Waals surface area contributed by atoms with Crippen molar-refractivity contribution in [2.24, 2.45) is 0 Å². The van der Waals surface area contributed by atoms with Crippen LogP contribution in [-0.2, 0) is 4.74 Å². The van der Waals surface area contributed by atoms with Crippen LogP contribution in [-0.4, -0.2) is 6.61 Å². The lowest BCUT2D eigenvalue weighted by Gasteiger charge is -2.15. The molecule has 0 spiro atoms. The van der Waals surface area contributed by atoms with Crippen molar-refractivity contribution < 1.29 is 14.4 Å². The smallest absolute Gasteiger partial charge is 0.260 e. The van der Waals surface area contributed by atoms with Gasteiger partial charge in [-0.25, -0.2) is 0 Å². The fourth-order valence-corrected chi connectivity index (χ4v) is 2.92. The lowest BCUT2D eigenvalue weighted by molar-refractivity contribution is -0.582. The molecule has 0 aliphatic rings. The van der Waals surface area contributed by atoms with Crippen LogP contribution >= 0.6 is 29.1 Å². The molecule has 1 heterocycles. The van der Waals surface area contributed by atoms with Gasteiger partial charge in [-0.05, 0) is 26.5 Å². The second kappa shape index (κ2) is 6.44. The van der Waals surface area contributed by atoms with Gasteiger partial charge < -0.3 is 9.84 Å². The van der Waals surface area contributed by atoms with Gasteiger partial charge in [-0.3, -0.25) is 0 Å². The van der Waals surface area contributed by atoms with Crippen molar-refractivity contribution in [2.45, 2.75) is 20.8 Å². The minimum absolute atomic E-state index is 0.275. The van der Waals surface area contributed by atoms with Gasteiger partial charge in [-0.2, -0.15) is 4.57 Å². The molecular weight excluding hydrogens is 280 g/mol. The van der Waals surface area contributed by atoms with Crippen LogP contribution in [0, 0.1) is 13.8 Å². The van der Waals surface area contributed by atoms with Crippen molar-refractivity contribution in [3.8, 4) is 0 Å². The number of aryl methyl sites for hydroxylation is 2. The quantitative estimate of drug-likeness (QED) is 0.486. The number of hydrogen-bond donors (Lipinski definition) is 0. The molecule has 94 valence electrons. The Labute approximate surface area is 112 Å². The summed E-state index contributed by atoms with van der Waals surface area (Å²) in [6, 6.07) is 2.00. The van der Waals surface area contributed by atoms with E-state index in [-0.39, 0.29) is 5.44 Å². The molecule has 6 heteroatoms. The zero-order valence-corrected chi connectivity index (χ0v) is 12.3. The fourth-order valence-electron chi connectivity index (χ4n) is 1.49. The summed E-state index contributed by atoms with van der Waals surface area (Å²) in [6.07, 6.45) is 3.61. The minimum atomic E-state index is -1.57. The van der Waals surface area contributed by atoms with Gasteiger partial charge in [0.05, 0.1) is 0 Å². The largest absolute Gasteiger partial charge is 0.609 e. The third-order valence-electron chi connectivity index (χ3n) is 2.00. The highest BCUT2D eigenvalue weighted by Crippen LogP contribution is 2.55. The van der Waals surface area contributed by atoms with Gasteiger partial charge in [0.15, 0.2) is 19.0 Å². The summed E-state index contributed by atoms with van der Waals surface area (Å²) in [5, 5.41) is 11.8. The van der Waals surface area contributed by atoms with Crippen molar-refractivity contribution in [2.75, 3.05) is 6.61 Å². The molecule has 0 amide bonds. The van der Waals surface area contributed by atoms with Gasteiger partial charge in [0.25, 0.3) is 5.44 Å². The van der Waals surface area contributed by atoms with E-state index in [1.54, 1.807) is 23.9 Å². The number of ether oxygens (including phenoxy) is 1. The van der Waals surface area contributed by atoms with Crippen LogP contribution in [0.2, 0.25) is 0 Å². The van der Waals surface area contributed by atoms with E-state index in [9.17, 15) is 5.11 Å². The van der Waals surface area contributed by atoms with E-state index >= 15 is 0 Å². The van der Waals surface area contributed by atoms with Crippen LogP contribution in [0.25, 0.3) is 5.44 Å². The van der Waals surface area contributed by atoms with Gasteiger partial charge in [-0.1, -0.05) is 29.4 Å². The topological polar surface area (TPSA) is 36.2 Å². The summed E-state index contributed by atoms with van der Waals surface area (Å²) in [4.78, 5) is 0. The number of nitrogens with zero attached hydrogens (tertiary/aromatic N) is 1. The third-order valence-corrected chi connectivity index (χ3v) is 3.70. The summed E-state index contributed by atoms with van der Waals surface area (Å²) < 4.78 is 6.60. The summed E-state index contributed by atoms with van der Waals surface area (Å²) in [7, 11) is 0. The first-order valence-corrected chi connectivity index (χ1v) is 8.26. The maximum atomic E-state index is 11.8. The Hall–Kier alpha value is -0.500. The molecule has 1 aromatic heterocycles. The van der Waals surface area contributed by atoms with Crippen LogP contribution in [0.5, 0.6) is 0 Å². The number of aromatic nitrogens is 1. The first kappa shape index (κ1) is 14.6. The van der Waals surface area contributed by atoms with E-state index in [1.807, 2.05) is 19.9 Å². The van der Waals surface area contributed by atoms with Crippen molar-refractivity contribution in [3.05, 3.63) is 35.5 Å². The van der Waals surface area contributed by atoms with Crippen LogP contribution < -0.4 is 9.67 Å². The Morgan fingerprint density at radius 3 is 2.29 bits per heavy atom.